The van der Waals surface area contributed by atoms with Gasteiger partial charge in [0.05, 0.1) is 24.9 Å². The van der Waals surface area contributed by atoms with Crippen molar-refractivity contribution in [2.75, 3.05) is 13.7 Å². The number of benzene rings is 1. The fourth-order valence-electron chi connectivity index (χ4n) is 2.03. The van der Waals surface area contributed by atoms with Gasteiger partial charge in [0.2, 0.25) is 0 Å². The second-order valence-electron chi connectivity index (χ2n) is 4.03. The summed E-state index contributed by atoms with van der Waals surface area (Å²) < 4.78 is 11.6. The van der Waals surface area contributed by atoms with E-state index >= 15 is 0 Å². The molecule has 0 unspecified atom stereocenters. The predicted octanol–water partition coefficient (Wildman–Crippen LogP) is 1.93. The minimum absolute atomic E-state index is 0.178. The predicted molar refractivity (Wildman–Crippen MR) is 70.4 cm³/mol. The average molecular weight is 261 g/mol. The number of methoxy groups -OCH3 is 1. The third-order valence-corrected chi connectivity index (χ3v) is 2.96. The van der Waals surface area contributed by atoms with Gasteiger partial charge in [0.15, 0.2) is 0 Å². The summed E-state index contributed by atoms with van der Waals surface area (Å²) in [6, 6.07) is 7.15. The van der Waals surface area contributed by atoms with Gasteiger partial charge in [0.25, 0.3) is 5.78 Å². The first-order valence-electron chi connectivity index (χ1n) is 5.94. The van der Waals surface area contributed by atoms with Crippen molar-refractivity contribution in [3.8, 4) is 5.75 Å². The van der Waals surface area contributed by atoms with Crippen molar-refractivity contribution in [1.29, 1.82) is 0 Å². The fourth-order valence-corrected chi connectivity index (χ4v) is 2.03. The minimum Gasteiger partial charge on any atom is -0.496 e. The van der Waals surface area contributed by atoms with Crippen molar-refractivity contribution < 1.29 is 19.1 Å². The van der Waals surface area contributed by atoms with E-state index in [1.807, 2.05) is 12.1 Å². The van der Waals surface area contributed by atoms with Crippen LogP contribution in [0, 0.1) is 0 Å². The number of rotatable bonds is 4. The van der Waals surface area contributed by atoms with Crippen molar-refractivity contribution in [3.63, 3.8) is 0 Å². The zero-order chi connectivity index (χ0) is 14.0. The molecule has 0 amide bonds. The highest BCUT2D eigenvalue weighted by atomic mass is 16.5. The van der Waals surface area contributed by atoms with Crippen LogP contribution in [0.25, 0.3) is 10.9 Å². The summed E-state index contributed by atoms with van der Waals surface area (Å²) in [4.78, 5) is 23.5. The zero-order valence-electron chi connectivity index (χ0n) is 11.1. The molecule has 1 aromatic carbocycles. The van der Waals surface area contributed by atoms with Crippen LogP contribution < -0.4 is 4.74 Å². The number of Topliss-reactive ketones (excluding diaryl/α,β-unsaturated/α-hetero) is 1. The highest BCUT2D eigenvalue weighted by Gasteiger charge is 2.22. The van der Waals surface area contributed by atoms with Crippen LogP contribution in [0.3, 0.4) is 0 Å². The van der Waals surface area contributed by atoms with Crippen LogP contribution in [0.15, 0.2) is 24.3 Å². The standard InChI is InChI=1S/C14H15NO4/c1-4-19-14(17)13(16)11-8-9-10(15(11)2)6-5-7-12(9)18-3/h5-8H,4H2,1-3H3. The van der Waals surface area contributed by atoms with Gasteiger partial charge < -0.3 is 14.0 Å². The van der Waals surface area contributed by atoms with Gasteiger partial charge in [-0.1, -0.05) is 6.07 Å². The van der Waals surface area contributed by atoms with Gasteiger partial charge in [0.1, 0.15) is 5.75 Å². The Bertz CT molecular complexity index is 642. The average Bonchev–Trinajstić information content (AvgIpc) is 2.75. The molecule has 100 valence electrons. The van der Waals surface area contributed by atoms with E-state index in [1.54, 1.807) is 37.8 Å². The lowest BCUT2D eigenvalue weighted by Gasteiger charge is -2.03. The quantitative estimate of drug-likeness (QED) is 0.479. The Morgan fingerprint density at radius 1 is 1.32 bits per heavy atom. The van der Waals surface area contributed by atoms with Gasteiger partial charge >= 0.3 is 5.97 Å². The lowest BCUT2D eigenvalue weighted by atomic mass is 10.2. The maximum absolute atomic E-state index is 12.0. The number of esters is 1. The molecule has 5 heteroatoms. The van der Waals surface area contributed by atoms with Crippen LogP contribution in [0.5, 0.6) is 5.75 Å². The first kappa shape index (κ1) is 13.1. The number of nitrogens with zero attached hydrogens (tertiary/aromatic N) is 1. The molecule has 1 aromatic heterocycles. The summed E-state index contributed by atoms with van der Waals surface area (Å²) in [6.45, 7) is 1.84. The molecular weight excluding hydrogens is 246 g/mol. The van der Waals surface area contributed by atoms with E-state index in [1.165, 1.54) is 0 Å². The lowest BCUT2D eigenvalue weighted by Crippen LogP contribution is -2.19. The molecule has 0 saturated carbocycles. The fraction of sp³-hybridized carbons (Fsp3) is 0.286. The molecular formula is C14H15NO4. The highest BCUT2D eigenvalue weighted by Crippen LogP contribution is 2.28. The Kier molecular flexibility index (Phi) is 3.55. The van der Waals surface area contributed by atoms with Gasteiger partial charge in [-0.2, -0.15) is 0 Å². The van der Waals surface area contributed by atoms with Crippen LogP contribution in [0.4, 0.5) is 0 Å². The van der Waals surface area contributed by atoms with Crippen LogP contribution in [0.2, 0.25) is 0 Å². The first-order chi connectivity index (χ1) is 9.10. The Labute approximate surface area is 110 Å². The third kappa shape index (κ3) is 2.19. The van der Waals surface area contributed by atoms with Crippen molar-refractivity contribution in [2.24, 2.45) is 7.05 Å². The Balaban J connectivity index is 2.54. The number of aromatic nitrogens is 1. The summed E-state index contributed by atoms with van der Waals surface area (Å²) in [7, 11) is 3.29. The Hall–Kier alpha value is -2.30. The number of ether oxygens (including phenoxy) is 2. The van der Waals surface area contributed by atoms with Crippen LogP contribution in [0.1, 0.15) is 17.4 Å². The molecule has 0 aliphatic rings. The number of hydrogen-bond donors (Lipinski definition) is 0. The van der Waals surface area contributed by atoms with Gasteiger partial charge in [-0.3, -0.25) is 4.79 Å². The second-order valence-corrected chi connectivity index (χ2v) is 4.03. The SMILES string of the molecule is CCOC(=O)C(=O)c1cc2c(OC)cccc2n1C. The summed E-state index contributed by atoms with van der Waals surface area (Å²) in [5.41, 5.74) is 1.12. The van der Waals surface area contributed by atoms with E-state index in [9.17, 15) is 9.59 Å². The van der Waals surface area contributed by atoms with Gasteiger partial charge in [-0.25, -0.2) is 4.79 Å². The normalized spacial score (nSPS) is 10.5. The largest absolute Gasteiger partial charge is 0.496 e. The highest BCUT2D eigenvalue weighted by molar-refractivity contribution is 6.40. The molecule has 0 saturated heterocycles. The molecule has 0 spiro atoms. The summed E-state index contributed by atoms with van der Waals surface area (Å²) >= 11 is 0. The van der Waals surface area contributed by atoms with E-state index in [0.717, 1.165) is 10.9 Å². The third-order valence-electron chi connectivity index (χ3n) is 2.96. The number of carbonyl (C=O) groups is 2. The van der Waals surface area contributed by atoms with E-state index in [0.29, 0.717) is 5.75 Å². The zero-order valence-corrected chi connectivity index (χ0v) is 11.1. The molecule has 0 bridgehead atoms. The molecule has 0 aliphatic carbocycles. The minimum atomic E-state index is -0.840. The van der Waals surface area contributed by atoms with Crippen molar-refractivity contribution >= 4 is 22.7 Å². The van der Waals surface area contributed by atoms with E-state index in [-0.39, 0.29) is 12.3 Å². The second kappa shape index (κ2) is 5.14. The Morgan fingerprint density at radius 2 is 2.05 bits per heavy atom. The molecule has 0 atom stereocenters. The van der Waals surface area contributed by atoms with Gasteiger partial charge in [0, 0.05) is 12.4 Å². The molecule has 0 N–H and O–H groups in total. The number of ketones is 1. The topological polar surface area (TPSA) is 57.5 Å². The van der Waals surface area contributed by atoms with E-state index < -0.39 is 11.8 Å². The van der Waals surface area contributed by atoms with Crippen LogP contribution >= 0.6 is 0 Å². The van der Waals surface area contributed by atoms with Crippen molar-refractivity contribution in [3.05, 3.63) is 30.0 Å². The number of carbonyl (C=O) groups excluding carboxylic acids is 2. The van der Waals surface area contributed by atoms with Crippen LogP contribution in [-0.4, -0.2) is 30.0 Å². The summed E-state index contributed by atoms with van der Waals surface area (Å²) in [5.74, 6) is -0.828. The van der Waals surface area contributed by atoms with E-state index in [4.69, 9.17) is 9.47 Å². The summed E-state index contributed by atoms with van der Waals surface area (Å²) in [5, 5.41) is 0.792. The molecule has 0 fully saturated rings. The maximum atomic E-state index is 12.0. The lowest BCUT2D eigenvalue weighted by molar-refractivity contribution is -0.137. The number of aryl methyl sites for hydroxylation is 1. The number of fused-ring (bicyclic) bond motifs is 1. The van der Waals surface area contributed by atoms with Crippen molar-refractivity contribution in [2.45, 2.75) is 6.92 Å². The van der Waals surface area contributed by atoms with Crippen molar-refractivity contribution in [1.82, 2.24) is 4.57 Å². The molecule has 2 rings (SSSR count). The maximum Gasteiger partial charge on any atom is 0.381 e. The van der Waals surface area contributed by atoms with Gasteiger partial charge in [-0.15, -0.1) is 0 Å². The first-order valence-corrected chi connectivity index (χ1v) is 5.94. The molecule has 0 aliphatic heterocycles. The molecule has 1 heterocycles. The number of hydrogen-bond acceptors (Lipinski definition) is 4. The molecule has 0 radical (unpaired) electrons. The monoisotopic (exact) mass is 261 g/mol. The Morgan fingerprint density at radius 3 is 2.68 bits per heavy atom. The van der Waals surface area contributed by atoms with E-state index in [2.05, 4.69) is 0 Å². The van der Waals surface area contributed by atoms with Crippen LogP contribution in [-0.2, 0) is 16.6 Å². The molecule has 5 nitrogen and oxygen atoms in total. The molecule has 19 heavy (non-hydrogen) atoms. The smallest absolute Gasteiger partial charge is 0.381 e. The summed E-state index contributed by atoms with van der Waals surface area (Å²) in [6.07, 6.45) is 0. The molecule has 2 aromatic rings. The van der Waals surface area contributed by atoms with Gasteiger partial charge in [-0.05, 0) is 25.1 Å².